The summed E-state index contributed by atoms with van der Waals surface area (Å²) in [5.74, 6) is 1.23. The molecule has 4 aromatic rings. The molecule has 0 fully saturated rings. The van der Waals surface area contributed by atoms with Crippen molar-refractivity contribution in [2.75, 3.05) is 0 Å². The van der Waals surface area contributed by atoms with Crippen LogP contribution in [-0.4, -0.2) is 10.2 Å². The minimum absolute atomic E-state index is 0.0331. The van der Waals surface area contributed by atoms with Gasteiger partial charge >= 0.3 is 0 Å². The first-order valence-corrected chi connectivity index (χ1v) is 13.7. The van der Waals surface area contributed by atoms with Crippen LogP contribution < -0.4 is 4.89 Å². The lowest BCUT2D eigenvalue weighted by molar-refractivity contribution is -0.217. The number of phenolic OH excluding ortho intramolecular Hbond substituents is 2. The normalized spacial score (nSPS) is 20.1. The number of fused-ring (bicyclic) bond motifs is 4. The van der Waals surface area contributed by atoms with Crippen molar-refractivity contribution in [2.24, 2.45) is 0 Å². The molecule has 2 N–H and O–H groups in total. The Hall–Kier alpha value is -3.76. The fourth-order valence-corrected chi connectivity index (χ4v) is 7.14. The molecule has 4 heteroatoms. The third kappa shape index (κ3) is 4.57. The number of aromatic hydroxyl groups is 2. The van der Waals surface area contributed by atoms with Crippen molar-refractivity contribution in [2.45, 2.75) is 69.8 Å². The molecule has 2 aliphatic rings. The zero-order valence-electron chi connectivity index (χ0n) is 23.1. The Balaban J connectivity index is 1.35. The van der Waals surface area contributed by atoms with Gasteiger partial charge in [0.05, 0.1) is 0 Å². The first-order valence-electron chi connectivity index (χ1n) is 13.7. The standard InChI is InChI=1S/C35H36O4/c1-33(2)21-35(31-18-25(9-15-29(31)33)17-23-5-10-26(36)11-6-23)22-34(3,4)30-16-14-28(19-32(30)35)39-38-20-24-7-12-27(37)13-8-24/h5-16,18-19,36-37H,17,20-22H2,1-4H3. The largest absolute Gasteiger partial charge is 0.508 e. The van der Waals surface area contributed by atoms with Crippen molar-refractivity contribution in [3.8, 4) is 17.2 Å². The minimum Gasteiger partial charge on any atom is -0.508 e. The molecule has 6 rings (SSSR count). The summed E-state index contributed by atoms with van der Waals surface area (Å²) in [5.41, 5.74) is 8.96. The second-order valence-corrected chi connectivity index (χ2v) is 12.6. The number of hydrogen-bond donors (Lipinski definition) is 2. The molecule has 39 heavy (non-hydrogen) atoms. The van der Waals surface area contributed by atoms with Crippen molar-refractivity contribution >= 4 is 0 Å². The van der Waals surface area contributed by atoms with Crippen LogP contribution in [0.25, 0.3) is 0 Å². The number of rotatable bonds is 6. The Kier molecular flexibility index (Phi) is 6.00. The average Bonchev–Trinajstić information content (AvgIpc) is 3.26. The van der Waals surface area contributed by atoms with E-state index >= 15 is 0 Å². The van der Waals surface area contributed by atoms with Crippen LogP contribution in [-0.2, 0) is 34.2 Å². The first-order chi connectivity index (χ1) is 18.6. The molecule has 0 radical (unpaired) electrons. The van der Waals surface area contributed by atoms with Crippen LogP contribution in [0.1, 0.15) is 79.5 Å². The lowest BCUT2D eigenvalue weighted by Gasteiger charge is -2.30. The van der Waals surface area contributed by atoms with Gasteiger partial charge in [0, 0.05) is 5.41 Å². The Morgan fingerprint density at radius 2 is 1.10 bits per heavy atom. The molecule has 0 saturated heterocycles. The quantitative estimate of drug-likeness (QED) is 0.201. The maximum absolute atomic E-state index is 9.70. The van der Waals surface area contributed by atoms with Gasteiger partial charge in [0.15, 0.2) is 5.75 Å². The van der Waals surface area contributed by atoms with E-state index in [0.29, 0.717) is 18.1 Å². The van der Waals surface area contributed by atoms with Crippen molar-refractivity contribution in [3.05, 3.63) is 124 Å². The fraction of sp³-hybridized carbons (Fsp3) is 0.314. The van der Waals surface area contributed by atoms with Gasteiger partial charge in [-0.05, 0) is 105 Å². The van der Waals surface area contributed by atoms with E-state index in [9.17, 15) is 10.2 Å². The monoisotopic (exact) mass is 520 g/mol. The van der Waals surface area contributed by atoms with Gasteiger partial charge in [-0.25, -0.2) is 0 Å². The molecule has 0 heterocycles. The molecule has 200 valence electrons. The van der Waals surface area contributed by atoms with Gasteiger partial charge < -0.3 is 15.1 Å². The molecule has 0 aliphatic heterocycles. The van der Waals surface area contributed by atoms with Crippen LogP contribution >= 0.6 is 0 Å². The summed E-state index contributed by atoms with van der Waals surface area (Å²) in [6, 6.07) is 27.9. The van der Waals surface area contributed by atoms with Gasteiger partial charge in [0.25, 0.3) is 0 Å². The van der Waals surface area contributed by atoms with Gasteiger partial charge in [-0.3, -0.25) is 0 Å². The second-order valence-electron chi connectivity index (χ2n) is 12.6. The predicted molar refractivity (Wildman–Crippen MR) is 153 cm³/mol. The maximum atomic E-state index is 9.70. The van der Waals surface area contributed by atoms with Gasteiger partial charge in [0.1, 0.15) is 18.1 Å². The summed E-state index contributed by atoms with van der Waals surface area (Å²) in [7, 11) is 0. The smallest absolute Gasteiger partial charge is 0.165 e. The molecule has 4 aromatic carbocycles. The lowest BCUT2D eigenvalue weighted by atomic mass is 9.72. The van der Waals surface area contributed by atoms with Crippen molar-refractivity contribution in [1.82, 2.24) is 0 Å². The highest BCUT2D eigenvalue weighted by molar-refractivity contribution is 5.61. The highest BCUT2D eigenvalue weighted by Crippen LogP contribution is 2.63. The summed E-state index contributed by atoms with van der Waals surface area (Å²) in [6.07, 6.45) is 2.92. The first kappa shape index (κ1) is 25.5. The van der Waals surface area contributed by atoms with Crippen LogP contribution in [0.4, 0.5) is 0 Å². The fourth-order valence-electron chi connectivity index (χ4n) is 7.14. The predicted octanol–water partition coefficient (Wildman–Crippen LogP) is 7.85. The van der Waals surface area contributed by atoms with E-state index in [1.165, 1.54) is 33.4 Å². The Morgan fingerprint density at radius 1 is 0.590 bits per heavy atom. The molecule has 0 saturated carbocycles. The van der Waals surface area contributed by atoms with E-state index in [2.05, 4.69) is 58.0 Å². The topological polar surface area (TPSA) is 58.9 Å². The molecule has 1 spiro atoms. The number of benzene rings is 4. The van der Waals surface area contributed by atoms with E-state index in [0.717, 1.165) is 24.8 Å². The van der Waals surface area contributed by atoms with Gasteiger partial charge in [-0.2, -0.15) is 4.89 Å². The summed E-state index contributed by atoms with van der Waals surface area (Å²) >= 11 is 0. The zero-order valence-corrected chi connectivity index (χ0v) is 23.1. The van der Waals surface area contributed by atoms with Crippen LogP contribution in [0.3, 0.4) is 0 Å². The molecular formula is C35H36O4. The van der Waals surface area contributed by atoms with E-state index in [-0.39, 0.29) is 22.0 Å². The summed E-state index contributed by atoms with van der Waals surface area (Å²) < 4.78 is 0. The molecule has 0 aromatic heterocycles. The van der Waals surface area contributed by atoms with E-state index in [1.807, 2.05) is 30.3 Å². The molecule has 1 atom stereocenters. The van der Waals surface area contributed by atoms with Crippen LogP contribution in [0, 0.1) is 0 Å². The van der Waals surface area contributed by atoms with Gasteiger partial charge in [-0.15, -0.1) is 0 Å². The second kappa shape index (κ2) is 9.17. The van der Waals surface area contributed by atoms with Crippen molar-refractivity contribution in [3.63, 3.8) is 0 Å². The molecule has 0 amide bonds. The van der Waals surface area contributed by atoms with E-state index in [1.54, 1.807) is 24.3 Å². The summed E-state index contributed by atoms with van der Waals surface area (Å²) in [4.78, 5) is 11.4. The lowest BCUT2D eigenvalue weighted by Crippen LogP contribution is -2.27. The molecule has 4 nitrogen and oxygen atoms in total. The highest BCUT2D eigenvalue weighted by atomic mass is 17.2. The molecule has 1 unspecified atom stereocenters. The Bertz CT molecular complexity index is 1510. The number of phenols is 2. The van der Waals surface area contributed by atoms with Gasteiger partial charge in [-0.1, -0.05) is 76.2 Å². The SMILES string of the molecule is CC1(C)CC2(CC(C)(C)c3ccc(OOCc4ccc(O)cc4)cc32)c2cc(Cc3ccc(O)cc3)ccc21. The minimum atomic E-state index is -0.0983. The van der Waals surface area contributed by atoms with Crippen LogP contribution in [0.5, 0.6) is 17.2 Å². The van der Waals surface area contributed by atoms with Crippen molar-refractivity contribution in [1.29, 1.82) is 0 Å². The zero-order chi connectivity index (χ0) is 27.4. The third-order valence-corrected chi connectivity index (χ3v) is 8.71. The summed E-state index contributed by atoms with van der Waals surface area (Å²) in [5, 5.41) is 19.2. The Morgan fingerprint density at radius 3 is 1.72 bits per heavy atom. The number of hydrogen-bond acceptors (Lipinski definition) is 4. The van der Waals surface area contributed by atoms with E-state index in [4.69, 9.17) is 9.78 Å². The molecule has 2 aliphatic carbocycles. The highest BCUT2D eigenvalue weighted by Gasteiger charge is 2.56. The maximum Gasteiger partial charge on any atom is 0.165 e. The Labute approximate surface area is 230 Å². The van der Waals surface area contributed by atoms with Gasteiger partial charge in [0.2, 0.25) is 0 Å². The summed E-state index contributed by atoms with van der Waals surface area (Å²) in [6.45, 7) is 9.74. The van der Waals surface area contributed by atoms with Crippen molar-refractivity contribution < 1.29 is 20.0 Å². The van der Waals surface area contributed by atoms with Crippen LogP contribution in [0.2, 0.25) is 0 Å². The molecule has 0 bridgehead atoms. The molecular weight excluding hydrogens is 484 g/mol. The van der Waals surface area contributed by atoms with E-state index < -0.39 is 0 Å². The van der Waals surface area contributed by atoms with Crippen LogP contribution in [0.15, 0.2) is 84.9 Å². The third-order valence-electron chi connectivity index (χ3n) is 8.71. The average molecular weight is 521 g/mol.